The van der Waals surface area contributed by atoms with E-state index in [9.17, 15) is 18.0 Å². The van der Waals surface area contributed by atoms with Crippen molar-refractivity contribution in [1.82, 2.24) is 5.32 Å². The van der Waals surface area contributed by atoms with E-state index in [1.807, 2.05) is 6.26 Å². The van der Waals surface area contributed by atoms with E-state index >= 15 is 0 Å². The summed E-state index contributed by atoms with van der Waals surface area (Å²) in [6.07, 6.45) is -1.04. The molecule has 1 aromatic rings. The summed E-state index contributed by atoms with van der Waals surface area (Å²) in [6.45, 7) is 1.41. The first-order valence-corrected chi connectivity index (χ1v) is 8.44. The van der Waals surface area contributed by atoms with Gasteiger partial charge in [0.25, 0.3) is 0 Å². The highest BCUT2D eigenvalue weighted by Gasteiger charge is 2.33. The molecule has 1 unspecified atom stereocenters. The largest absolute Gasteiger partial charge is 0.416 e. The number of carbonyl (C=O) groups excluding carboxylic acids is 1. The van der Waals surface area contributed by atoms with Crippen LogP contribution < -0.4 is 5.32 Å². The number of hydrogen-bond acceptors (Lipinski definition) is 3. The first-order chi connectivity index (χ1) is 10.8. The zero-order chi connectivity index (χ0) is 17.5. The van der Waals surface area contributed by atoms with E-state index in [1.165, 1.54) is 36.9 Å². The lowest BCUT2D eigenvalue weighted by molar-refractivity contribution is -0.137. The van der Waals surface area contributed by atoms with Gasteiger partial charge in [-0.2, -0.15) is 24.9 Å². The SMILES string of the molecule is CSCC(CCO)NC(=O)/C=C(/C)c1ccccc1C(F)(F)F. The van der Waals surface area contributed by atoms with Crippen LogP contribution in [0.5, 0.6) is 0 Å². The van der Waals surface area contributed by atoms with Gasteiger partial charge < -0.3 is 10.4 Å². The van der Waals surface area contributed by atoms with Crippen molar-refractivity contribution in [2.24, 2.45) is 0 Å². The van der Waals surface area contributed by atoms with Crippen molar-refractivity contribution in [2.45, 2.75) is 25.6 Å². The summed E-state index contributed by atoms with van der Waals surface area (Å²) in [4.78, 5) is 12.0. The quantitative estimate of drug-likeness (QED) is 0.744. The first kappa shape index (κ1) is 19.6. The summed E-state index contributed by atoms with van der Waals surface area (Å²) < 4.78 is 39.0. The molecule has 1 atom stereocenters. The number of carbonyl (C=O) groups is 1. The van der Waals surface area contributed by atoms with Crippen molar-refractivity contribution in [1.29, 1.82) is 0 Å². The highest BCUT2D eigenvalue weighted by molar-refractivity contribution is 7.98. The molecular weight excluding hydrogens is 327 g/mol. The van der Waals surface area contributed by atoms with Gasteiger partial charge in [-0.15, -0.1) is 0 Å². The van der Waals surface area contributed by atoms with Gasteiger partial charge in [-0.1, -0.05) is 18.2 Å². The molecule has 0 spiro atoms. The second kappa shape index (κ2) is 8.98. The van der Waals surface area contributed by atoms with Gasteiger partial charge in [0.1, 0.15) is 0 Å². The molecule has 0 radical (unpaired) electrons. The lowest BCUT2D eigenvalue weighted by Crippen LogP contribution is -2.36. The second-order valence-electron chi connectivity index (χ2n) is 5.04. The summed E-state index contributed by atoms with van der Waals surface area (Å²) in [5.41, 5.74) is -0.543. The molecule has 0 aliphatic rings. The minimum Gasteiger partial charge on any atom is -0.396 e. The average Bonchev–Trinajstić information content (AvgIpc) is 2.46. The molecule has 2 N–H and O–H groups in total. The number of aliphatic hydroxyl groups is 1. The van der Waals surface area contributed by atoms with Gasteiger partial charge in [0.05, 0.1) is 5.56 Å². The number of rotatable bonds is 7. The molecule has 7 heteroatoms. The van der Waals surface area contributed by atoms with E-state index < -0.39 is 17.6 Å². The van der Waals surface area contributed by atoms with Gasteiger partial charge in [-0.05, 0) is 36.8 Å². The van der Waals surface area contributed by atoms with E-state index in [-0.39, 0.29) is 23.8 Å². The Morgan fingerprint density at radius 2 is 2.04 bits per heavy atom. The van der Waals surface area contributed by atoms with Gasteiger partial charge in [-0.25, -0.2) is 0 Å². The molecule has 0 fully saturated rings. The van der Waals surface area contributed by atoms with Crippen molar-refractivity contribution in [2.75, 3.05) is 18.6 Å². The van der Waals surface area contributed by atoms with Crippen LogP contribution >= 0.6 is 11.8 Å². The van der Waals surface area contributed by atoms with Crippen LogP contribution in [0.2, 0.25) is 0 Å². The summed E-state index contributed by atoms with van der Waals surface area (Å²) in [5, 5.41) is 11.7. The number of nitrogens with one attached hydrogen (secondary N) is 1. The first-order valence-electron chi connectivity index (χ1n) is 7.04. The Morgan fingerprint density at radius 3 is 2.61 bits per heavy atom. The van der Waals surface area contributed by atoms with Crippen molar-refractivity contribution in [3.05, 3.63) is 41.5 Å². The van der Waals surface area contributed by atoms with Gasteiger partial charge in [0, 0.05) is 24.5 Å². The third kappa shape index (κ3) is 6.27. The van der Waals surface area contributed by atoms with E-state index in [2.05, 4.69) is 5.32 Å². The Balaban J connectivity index is 2.94. The van der Waals surface area contributed by atoms with Crippen LogP contribution in [0.3, 0.4) is 0 Å². The third-order valence-corrected chi connectivity index (χ3v) is 3.93. The van der Waals surface area contributed by atoms with E-state index in [0.29, 0.717) is 12.2 Å². The molecule has 128 valence electrons. The fourth-order valence-corrected chi connectivity index (χ4v) is 2.80. The zero-order valence-corrected chi connectivity index (χ0v) is 13.8. The van der Waals surface area contributed by atoms with Crippen LogP contribution in [0.4, 0.5) is 13.2 Å². The molecule has 1 amide bonds. The zero-order valence-electron chi connectivity index (χ0n) is 13.0. The molecule has 1 rings (SSSR count). The maximum atomic E-state index is 13.0. The van der Waals surface area contributed by atoms with Gasteiger partial charge in [-0.3, -0.25) is 4.79 Å². The van der Waals surface area contributed by atoms with Gasteiger partial charge in [0.2, 0.25) is 5.91 Å². The van der Waals surface area contributed by atoms with Crippen LogP contribution in [0.25, 0.3) is 5.57 Å². The van der Waals surface area contributed by atoms with Crippen LogP contribution in [-0.4, -0.2) is 35.7 Å². The predicted octanol–water partition coefficient (Wildman–Crippen LogP) is 3.34. The number of thioether (sulfide) groups is 1. The van der Waals surface area contributed by atoms with Crippen molar-refractivity contribution in [3.63, 3.8) is 0 Å². The molecule has 0 aromatic heterocycles. The van der Waals surface area contributed by atoms with Crippen molar-refractivity contribution >= 4 is 23.2 Å². The Bertz CT molecular complexity index is 553. The van der Waals surface area contributed by atoms with Gasteiger partial charge in [0.15, 0.2) is 0 Å². The van der Waals surface area contributed by atoms with Crippen LogP contribution in [0, 0.1) is 0 Å². The Hall–Kier alpha value is -1.47. The maximum Gasteiger partial charge on any atom is 0.416 e. The number of allylic oxidation sites excluding steroid dienone is 1. The van der Waals surface area contributed by atoms with E-state index in [4.69, 9.17) is 5.11 Å². The fourth-order valence-electron chi connectivity index (χ4n) is 2.15. The molecule has 23 heavy (non-hydrogen) atoms. The number of benzene rings is 1. The highest BCUT2D eigenvalue weighted by Crippen LogP contribution is 2.34. The Labute approximate surface area is 138 Å². The molecule has 0 bridgehead atoms. The lowest BCUT2D eigenvalue weighted by atomic mass is 10.00. The Morgan fingerprint density at radius 1 is 1.39 bits per heavy atom. The van der Waals surface area contributed by atoms with Gasteiger partial charge >= 0.3 is 6.18 Å². The normalized spacial score (nSPS) is 13.7. The number of hydrogen-bond donors (Lipinski definition) is 2. The smallest absolute Gasteiger partial charge is 0.396 e. The fraction of sp³-hybridized carbons (Fsp3) is 0.438. The molecule has 3 nitrogen and oxygen atoms in total. The number of aliphatic hydroxyl groups excluding tert-OH is 1. The average molecular weight is 347 g/mol. The molecular formula is C16H20F3NO2S. The molecule has 0 saturated heterocycles. The molecule has 0 aliphatic heterocycles. The second-order valence-corrected chi connectivity index (χ2v) is 5.95. The number of amides is 1. The summed E-state index contributed by atoms with van der Waals surface area (Å²) in [6, 6.07) is 4.93. The van der Waals surface area contributed by atoms with Crippen LogP contribution in [0.15, 0.2) is 30.3 Å². The minimum absolute atomic E-state index is 0.0151. The maximum absolute atomic E-state index is 13.0. The number of alkyl halides is 3. The molecule has 0 heterocycles. The summed E-state index contributed by atoms with van der Waals surface area (Å²) in [5.74, 6) is 0.158. The van der Waals surface area contributed by atoms with Crippen LogP contribution in [-0.2, 0) is 11.0 Å². The molecule has 0 aliphatic carbocycles. The van der Waals surface area contributed by atoms with E-state index in [0.717, 1.165) is 12.1 Å². The topological polar surface area (TPSA) is 49.3 Å². The highest BCUT2D eigenvalue weighted by atomic mass is 32.2. The standard InChI is InChI=1S/C16H20F3NO2S/c1-11(9-15(22)20-12(7-8-21)10-23-2)13-5-3-4-6-14(13)16(17,18)19/h3-6,9,12,21H,7-8,10H2,1-2H3,(H,20,22)/b11-9-. The number of halogens is 3. The third-order valence-electron chi connectivity index (χ3n) is 3.20. The van der Waals surface area contributed by atoms with Crippen LogP contribution in [0.1, 0.15) is 24.5 Å². The molecule has 1 aromatic carbocycles. The lowest BCUT2D eigenvalue weighted by Gasteiger charge is -2.16. The van der Waals surface area contributed by atoms with Crippen molar-refractivity contribution in [3.8, 4) is 0 Å². The minimum atomic E-state index is -4.47. The Kier molecular flexibility index (Phi) is 7.64. The molecule has 0 saturated carbocycles. The summed E-state index contributed by atoms with van der Waals surface area (Å²) in [7, 11) is 0. The summed E-state index contributed by atoms with van der Waals surface area (Å²) >= 11 is 1.52. The van der Waals surface area contributed by atoms with E-state index in [1.54, 1.807) is 0 Å². The monoisotopic (exact) mass is 347 g/mol. The van der Waals surface area contributed by atoms with Crippen molar-refractivity contribution < 1.29 is 23.1 Å². The predicted molar refractivity (Wildman–Crippen MR) is 87.1 cm³/mol.